The van der Waals surface area contributed by atoms with Crippen molar-refractivity contribution in [1.29, 1.82) is 0 Å². The van der Waals surface area contributed by atoms with Crippen molar-refractivity contribution in [3.05, 3.63) is 82.5 Å². The fourth-order valence-corrected chi connectivity index (χ4v) is 7.97. The number of fused-ring (bicyclic) bond motifs is 2. The molecule has 66 heavy (non-hydrogen) atoms. The number of aromatic nitrogens is 8. The van der Waals surface area contributed by atoms with Crippen LogP contribution in [-0.4, -0.2) is 105 Å². The average Bonchev–Trinajstić information content (AvgIpc) is 4.06. The lowest BCUT2D eigenvalue weighted by Crippen LogP contribution is -2.38. The van der Waals surface area contributed by atoms with Gasteiger partial charge in [-0.3, -0.25) is 39.2 Å². The summed E-state index contributed by atoms with van der Waals surface area (Å²) in [6.45, 7) is 9.28. The van der Waals surface area contributed by atoms with Gasteiger partial charge in [0.25, 0.3) is 11.8 Å². The van der Waals surface area contributed by atoms with E-state index in [2.05, 4.69) is 37.7 Å². The molecule has 0 radical (unpaired) electrons. The largest absolute Gasteiger partial charge is 0.494 e. The van der Waals surface area contributed by atoms with Crippen molar-refractivity contribution >= 4 is 63.7 Å². The number of rotatable bonds is 16. The summed E-state index contributed by atoms with van der Waals surface area (Å²) in [5.41, 5.74) is 15.2. The number of carboxylic acid groups (broad SMARTS) is 1. The number of benzene rings is 2. The zero-order valence-electron chi connectivity index (χ0n) is 37.3. The van der Waals surface area contributed by atoms with E-state index in [1.54, 1.807) is 44.5 Å². The maximum Gasteiger partial charge on any atom is 0.407 e. The summed E-state index contributed by atoms with van der Waals surface area (Å²) in [5, 5.41) is 24.1. The molecule has 6 aromatic rings. The van der Waals surface area contributed by atoms with Gasteiger partial charge in [-0.15, -0.1) is 0 Å². The number of ether oxygens (including phenoxy) is 2. The highest BCUT2D eigenvalue weighted by Gasteiger charge is 2.25. The van der Waals surface area contributed by atoms with Crippen molar-refractivity contribution in [2.24, 2.45) is 17.4 Å². The van der Waals surface area contributed by atoms with Crippen LogP contribution in [0.2, 0.25) is 0 Å². The number of carbonyl (C=O) groups excluding carboxylic acids is 4. The Hall–Kier alpha value is -8.15. The molecule has 5 amide bonds. The van der Waals surface area contributed by atoms with Crippen LogP contribution in [0, 0.1) is 31.6 Å². The Morgan fingerprint density at radius 1 is 0.788 bits per heavy atom. The van der Waals surface area contributed by atoms with Gasteiger partial charge in [-0.05, 0) is 82.9 Å². The van der Waals surface area contributed by atoms with Crippen molar-refractivity contribution in [1.82, 2.24) is 43.6 Å². The molecule has 4 aromatic heterocycles. The molecule has 1 aliphatic rings. The number of likely N-dealkylation sites (tertiary alicyclic amines) is 1. The highest BCUT2D eigenvalue weighted by molar-refractivity contribution is 6.05. The molecule has 21 heteroatoms. The Morgan fingerprint density at radius 2 is 1.30 bits per heavy atom. The van der Waals surface area contributed by atoms with Crippen LogP contribution in [0.4, 0.5) is 16.7 Å². The minimum Gasteiger partial charge on any atom is -0.494 e. The second kappa shape index (κ2) is 19.7. The minimum absolute atomic E-state index is 0.0789. The summed E-state index contributed by atoms with van der Waals surface area (Å²) in [6, 6.07) is 9.36. The van der Waals surface area contributed by atoms with E-state index in [1.807, 2.05) is 26.0 Å². The van der Waals surface area contributed by atoms with E-state index in [1.165, 1.54) is 36.3 Å². The Morgan fingerprint density at radius 3 is 1.79 bits per heavy atom. The van der Waals surface area contributed by atoms with Crippen LogP contribution in [0.1, 0.15) is 86.2 Å². The van der Waals surface area contributed by atoms with E-state index in [0.717, 1.165) is 12.8 Å². The Labute approximate surface area is 378 Å². The number of imidazole rings is 2. The van der Waals surface area contributed by atoms with Crippen molar-refractivity contribution in [3.63, 3.8) is 0 Å². The van der Waals surface area contributed by atoms with Gasteiger partial charge in [0.05, 0.1) is 29.5 Å². The van der Waals surface area contributed by atoms with E-state index in [0.29, 0.717) is 83.2 Å². The van der Waals surface area contributed by atoms with Gasteiger partial charge in [-0.1, -0.05) is 24.0 Å². The standard InChI is InChI=1S/C45H51N13O8/c1-6-57-33(19-26(3)52-57)41(61)50-43-48-31-21-29(39(46)59)23-35(65-5)37(31)55(43)16-9-10-17-56-38-32(49-44(56)51-42(62)34-20-27(4)53-58(34)7-2)22-30(40(47)60)24-36(38)66-18-11-8-13-28-14-12-15-54(25-28)45(63)64/h9-10,19-24,28H,6-7,12-18,25H2,1-5H3,(H2,46,59)(H2,47,60)(H,63,64)(H,48,50,61)(H,49,51,62). The third-order valence-electron chi connectivity index (χ3n) is 11.1. The first-order chi connectivity index (χ1) is 31.7. The molecule has 1 aliphatic heterocycles. The smallest absolute Gasteiger partial charge is 0.407 e. The van der Waals surface area contributed by atoms with Crippen LogP contribution in [-0.2, 0) is 26.2 Å². The number of piperidine rings is 1. The lowest BCUT2D eigenvalue weighted by Gasteiger charge is -2.29. The minimum atomic E-state index is -0.946. The number of carbonyl (C=O) groups is 5. The first kappa shape index (κ1) is 45.9. The highest BCUT2D eigenvalue weighted by atomic mass is 16.5. The first-order valence-electron chi connectivity index (χ1n) is 21.3. The molecule has 1 fully saturated rings. The summed E-state index contributed by atoms with van der Waals surface area (Å²) < 4.78 is 18.5. The topological polar surface area (TPSA) is 275 Å². The van der Waals surface area contributed by atoms with Gasteiger partial charge in [0.2, 0.25) is 23.7 Å². The number of nitrogens with two attached hydrogens (primary N) is 2. The molecular weight excluding hydrogens is 851 g/mol. The maximum absolute atomic E-state index is 13.8. The van der Waals surface area contributed by atoms with Gasteiger partial charge < -0.3 is 40.1 Å². The van der Waals surface area contributed by atoms with Gasteiger partial charge >= 0.3 is 6.09 Å². The molecule has 21 nitrogen and oxygen atoms in total. The van der Waals surface area contributed by atoms with E-state index >= 15 is 0 Å². The summed E-state index contributed by atoms with van der Waals surface area (Å²) in [7, 11) is 1.45. The predicted octanol–water partition coefficient (Wildman–Crippen LogP) is 4.57. The summed E-state index contributed by atoms with van der Waals surface area (Å²) >= 11 is 0. The van der Waals surface area contributed by atoms with Crippen LogP contribution in [0.15, 0.2) is 48.6 Å². The Kier molecular flexibility index (Phi) is 13.7. The normalized spacial score (nSPS) is 13.8. The van der Waals surface area contributed by atoms with Crippen LogP contribution in [0.3, 0.4) is 0 Å². The third kappa shape index (κ3) is 9.81. The van der Waals surface area contributed by atoms with Gasteiger partial charge in [0.15, 0.2) is 0 Å². The van der Waals surface area contributed by atoms with Crippen molar-refractivity contribution in [2.45, 2.75) is 73.1 Å². The number of allylic oxidation sites excluding steroid dienone is 2. The zero-order valence-corrected chi connectivity index (χ0v) is 37.3. The molecule has 0 saturated carbocycles. The fraction of sp³-hybridized carbons (Fsp3) is 0.356. The number of methoxy groups -OCH3 is 1. The van der Waals surface area contributed by atoms with Crippen LogP contribution >= 0.6 is 0 Å². The summed E-state index contributed by atoms with van der Waals surface area (Å²) in [4.78, 5) is 74.7. The number of nitrogens with one attached hydrogen (secondary N) is 2. The number of amides is 5. The number of hydrogen-bond donors (Lipinski definition) is 5. The van der Waals surface area contributed by atoms with E-state index in [4.69, 9.17) is 25.9 Å². The number of aryl methyl sites for hydroxylation is 4. The molecule has 1 atom stereocenters. The molecule has 344 valence electrons. The molecule has 7 N–H and O–H groups in total. The average molecular weight is 902 g/mol. The first-order valence-corrected chi connectivity index (χ1v) is 21.3. The van der Waals surface area contributed by atoms with Gasteiger partial charge in [-0.2, -0.15) is 10.2 Å². The second-order valence-corrected chi connectivity index (χ2v) is 15.6. The summed E-state index contributed by atoms with van der Waals surface area (Å²) in [5.74, 6) is 4.68. The quantitative estimate of drug-likeness (QED) is 0.0661. The predicted molar refractivity (Wildman–Crippen MR) is 244 cm³/mol. The monoisotopic (exact) mass is 901 g/mol. The number of anilines is 2. The molecule has 1 saturated heterocycles. The summed E-state index contributed by atoms with van der Waals surface area (Å²) in [6.07, 6.45) is 4.78. The molecule has 2 aromatic carbocycles. The third-order valence-corrected chi connectivity index (χ3v) is 11.1. The highest BCUT2D eigenvalue weighted by Crippen LogP contribution is 2.33. The number of nitrogens with zero attached hydrogens (tertiary/aromatic N) is 9. The van der Waals surface area contributed by atoms with Gasteiger partial charge in [0.1, 0.15) is 40.5 Å². The molecule has 0 spiro atoms. The maximum atomic E-state index is 13.8. The van der Waals surface area contributed by atoms with Gasteiger partial charge in [0, 0.05) is 56.8 Å². The van der Waals surface area contributed by atoms with Crippen molar-refractivity contribution in [2.75, 3.05) is 37.4 Å². The number of hydrogen-bond acceptors (Lipinski definition) is 11. The van der Waals surface area contributed by atoms with Crippen molar-refractivity contribution in [3.8, 4) is 23.3 Å². The lowest BCUT2D eigenvalue weighted by molar-refractivity contribution is 0.0991. The van der Waals surface area contributed by atoms with Crippen LogP contribution < -0.4 is 31.6 Å². The molecular formula is C45H51N13O8. The SMILES string of the molecule is CCn1nc(C)cc1C(=O)Nc1nc2cc(C(N)=O)cc(OC)c2n1CC=CCn1c(NC(=O)c2cc(C)nn2CC)nc2cc(C(N)=O)cc(OCC#CCC3CCCN(C(=O)O)C3)c21. The molecule has 0 aliphatic carbocycles. The molecule has 1 unspecified atom stereocenters. The van der Waals surface area contributed by atoms with E-state index < -0.39 is 29.7 Å². The second-order valence-electron chi connectivity index (χ2n) is 15.6. The Balaban J connectivity index is 1.24. The molecule has 7 rings (SSSR count). The fourth-order valence-electron chi connectivity index (χ4n) is 7.97. The lowest BCUT2D eigenvalue weighted by atomic mass is 9.95. The van der Waals surface area contributed by atoms with E-state index in [9.17, 15) is 29.1 Å². The Bertz CT molecular complexity index is 2960. The molecule has 0 bridgehead atoms. The number of primary amides is 2. The molecule has 5 heterocycles. The van der Waals surface area contributed by atoms with Crippen LogP contribution in [0.25, 0.3) is 22.1 Å². The van der Waals surface area contributed by atoms with Gasteiger partial charge in [-0.25, -0.2) is 14.8 Å². The van der Waals surface area contributed by atoms with Crippen molar-refractivity contribution < 1.29 is 38.6 Å². The van der Waals surface area contributed by atoms with E-state index in [-0.39, 0.29) is 54.4 Å². The zero-order chi connectivity index (χ0) is 47.2. The van der Waals surface area contributed by atoms with Crippen LogP contribution in [0.5, 0.6) is 11.5 Å².